The van der Waals surface area contributed by atoms with Crippen molar-refractivity contribution in [2.75, 3.05) is 13.1 Å². The van der Waals surface area contributed by atoms with E-state index in [0.717, 1.165) is 76.2 Å². The molecule has 6 N–H and O–H groups in total. The third kappa shape index (κ3) is 9.63. The summed E-state index contributed by atoms with van der Waals surface area (Å²) in [5.41, 5.74) is 14.6. The molecule has 0 saturated heterocycles. The van der Waals surface area contributed by atoms with Crippen molar-refractivity contribution in [3.63, 3.8) is 0 Å². The van der Waals surface area contributed by atoms with E-state index >= 15 is 0 Å². The summed E-state index contributed by atoms with van der Waals surface area (Å²) in [4.78, 5) is 18.6. The number of unbranched alkanes of at least 4 members (excludes halogenated alkanes) is 2. The van der Waals surface area contributed by atoms with Crippen molar-refractivity contribution >= 4 is 11.5 Å². The Hall–Kier alpha value is -5.00. The van der Waals surface area contributed by atoms with E-state index in [-0.39, 0.29) is 24.3 Å². The molecule has 0 aromatic heterocycles. The lowest BCUT2D eigenvalue weighted by Gasteiger charge is -2.27. The number of nitrogens with one attached hydrogen (secondary N) is 2. The number of Topliss-reactive ketones (excluding diaryl/α,β-unsaturated/α-hetero) is 1. The summed E-state index contributed by atoms with van der Waals surface area (Å²) in [6.45, 7) is 3.47. The van der Waals surface area contributed by atoms with Gasteiger partial charge in [0.1, 0.15) is 42.4 Å². The average Bonchev–Trinajstić information content (AvgIpc) is 3.79. The van der Waals surface area contributed by atoms with Gasteiger partial charge in [-0.25, -0.2) is 0 Å². The van der Waals surface area contributed by atoms with Crippen LogP contribution in [0.15, 0.2) is 95.3 Å². The van der Waals surface area contributed by atoms with Gasteiger partial charge >= 0.3 is 0 Å². The summed E-state index contributed by atoms with van der Waals surface area (Å²) in [7, 11) is 0. The second kappa shape index (κ2) is 18.1. The van der Waals surface area contributed by atoms with Crippen LogP contribution in [-0.4, -0.2) is 47.1 Å². The molecule has 6 unspecified atom stereocenters. The molecule has 7 rings (SSSR count). The third-order valence-corrected chi connectivity index (χ3v) is 10.8. The molecule has 0 saturated carbocycles. The van der Waals surface area contributed by atoms with E-state index in [2.05, 4.69) is 60.5 Å². The highest BCUT2D eigenvalue weighted by atomic mass is 16.5. The predicted octanol–water partition coefficient (Wildman–Crippen LogP) is 4.79. The molecule has 284 valence electrons. The monoisotopic (exact) mass is 739 g/mol. The molecule has 4 aliphatic rings. The van der Waals surface area contributed by atoms with E-state index in [4.69, 9.17) is 20.2 Å². The number of nitrogens with two attached hydrogens (primary N) is 1. The van der Waals surface area contributed by atoms with Crippen LogP contribution < -0.4 is 25.4 Å². The summed E-state index contributed by atoms with van der Waals surface area (Å²) in [6.07, 6.45) is 11.0. The maximum atomic E-state index is 12.7. The summed E-state index contributed by atoms with van der Waals surface area (Å²) >= 11 is 0. The Labute approximate surface area is 324 Å². The predicted molar refractivity (Wildman–Crippen MR) is 213 cm³/mol. The van der Waals surface area contributed by atoms with Crippen LogP contribution in [0.5, 0.6) is 11.5 Å². The molecule has 4 heterocycles. The van der Waals surface area contributed by atoms with E-state index in [1.807, 2.05) is 54.7 Å². The number of rotatable bonds is 14. The van der Waals surface area contributed by atoms with Gasteiger partial charge < -0.3 is 25.4 Å². The first kappa shape index (κ1) is 38.3. The molecule has 4 aliphatic heterocycles. The number of benzene rings is 3. The average molecular weight is 740 g/mol. The number of aliphatic hydroxyl groups is 2. The van der Waals surface area contributed by atoms with Crippen LogP contribution in [0.3, 0.4) is 0 Å². The zero-order valence-electron chi connectivity index (χ0n) is 31.5. The van der Waals surface area contributed by atoms with Crippen LogP contribution in [0.4, 0.5) is 0 Å². The van der Waals surface area contributed by atoms with Crippen molar-refractivity contribution in [3.8, 4) is 35.4 Å². The lowest BCUT2D eigenvalue weighted by Crippen LogP contribution is -3.13. The molecule has 0 fully saturated rings. The normalized spacial score (nSPS) is 21.8. The van der Waals surface area contributed by atoms with Gasteiger partial charge in [-0.15, -0.1) is 0 Å². The van der Waals surface area contributed by atoms with Gasteiger partial charge in [0.2, 0.25) is 0 Å². The largest absolute Gasteiger partial charge is 0.437 e. The molecule has 3 aromatic rings. The van der Waals surface area contributed by atoms with Crippen LogP contribution in [0.1, 0.15) is 92.0 Å². The number of carbonyl (C=O) groups is 1. The van der Waals surface area contributed by atoms with Crippen LogP contribution in [-0.2, 0) is 24.1 Å². The molecule has 0 radical (unpaired) electrons. The molecule has 0 aliphatic carbocycles. The summed E-state index contributed by atoms with van der Waals surface area (Å²) in [6, 6.07) is 22.0. The SMILES string of the molecule is CCCCCC(O)CC(=O)CCc1ccc2c(c1)OC1C(C#CC(O)c3ccc(C(N)NCCc4ccccc4)cc3CC3=CN=C4C[NH+]1C=C34)CC#CO2. The summed E-state index contributed by atoms with van der Waals surface area (Å²) in [5.74, 6) is 10.4. The molecule has 9 heteroatoms. The molecular weight excluding hydrogens is 689 g/mol. The van der Waals surface area contributed by atoms with Crippen molar-refractivity contribution in [1.29, 1.82) is 0 Å². The number of aliphatic imine (C=N–C) groups is 1. The Morgan fingerprint density at radius 1 is 1.05 bits per heavy atom. The van der Waals surface area contributed by atoms with E-state index in [0.29, 0.717) is 50.1 Å². The summed E-state index contributed by atoms with van der Waals surface area (Å²) < 4.78 is 12.7. The fraction of sp³-hybridized carbons (Fsp3) is 0.391. The first-order valence-electron chi connectivity index (χ1n) is 19.7. The van der Waals surface area contributed by atoms with Crippen LogP contribution >= 0.6 is 0 Å². The number of aliphatic hydroxyl groups excluding tert-OH is 2. The maximum absolute atomic E-state index is 12.7. The Morgan fingerprint density at radius 2 is 1.93 bits per heavy atom. The number of ketones is 1. The Morgan fingerprint density at radius 3 is 2.78 bits per heavy atom. The van der Waals surface area contributed by atoms with E-state index < -0.39 is 18.4 Å². The number of hydrogen-bond donors (Lipinski definition) is 5. The minimum atomic E-state index is -1.04. The highest BCUT2D eigenvalue weighted by Gasteiger charge is 2.40. The van der Waals surface area contributed by atoms with Gasteiger partial charge in [-0.05, 0) is 64.8 Å². The fourth-order valence-electron chi connectivity index (χ4n) is 7.69. The van der Waals surface area contributed by atoms with Gasteiger partial charge in [-0.2, -0.15) is 0 Å². The number of ether oxygens (including phenoxy) is 2. The van der Waals surface area contributed by atoms with E-state index in [1.54, 1.807) is 0 Å². The molecule has 6 atom stereocenters. The Balaban J connectivity index is 1.11. The molecule has 0 amide bonds. The number of carbonyl (C=O) groups excluding carboxylic acids is 1. The van der Waals surface area contributed by atoms with Gasteiger partial charge in [0.05, 0.1) is 17.8 Å². The number of hydrogen-bond acceptors (Lipinski definition) is 8. The molecular formula is C46H51N4O5+. The van der Waals surface area contributed by atoms with Crippen molar-refractivity contribution < 1.29 is 29.4 Å². The van der Waals surface area contributed by atoms with Gasteiger partial charge in [0.25, 0.3) is 6.23 Å². The number of quaternary nitrogens is 1. The van der Waals surface area contributed by atoms with E-state index in [1.165, 1.54) is 5.56 Å². The minimum Gasteiger partial charge on any atom is -0.437 e. The van der Waals surface area contributed by atoms with Crippen molar-refractivity contribution in [1.82, 2.24) is 5.32 Å². The Bertz CT molecular complexity index is 2090. The summed E-state index contributed by atoms with van der Waals surface area (Å²) in [5, 5.41) is 25.4. The first-order valence-corrected chi connectivity index (χ1v) is 19.7. The van der Waals surface area contributed by atoms with Crippen molar-refractivity contribution in [2.45, 2.75) is 95.7 Å². The van der Waals surface area contributed by atoms with Gasteiger partial charge in [-0.1, -0.05) is 98.5 Å². The zero-order chi connectivity index (χ0) is 38.1. The second-order valence-electron chi connectivity index (χ2n) is 14.9. The van der Waals surface area contributed by atoms with Gasteiger partial charge in [-0.3, -0.25) is 20.0 Å². The highest BCUT2D eigenvalue weighted by Crippen LogP contribution is 2.33. The maximum Gasteiger partial charge on any atom is 0.251 e. The van der Waals surface area contributed by atoms with Crippen LogP contribution in [0.2, 0.25) is 0 Å². The molecule has 2 bridgehead atoms. The highest BCUT2D eigenvalue weighted by molar-refractivity contribution is 6.08. The van der Waals surface area contributed by atoms with Crippen molar-refractivity contribution in [3.05, 3.63) is 118 Å². The lowest BCUT2D eigenvalue weighted by molar-refractivity contribution is -0.886. The topological polar surface area (TPSA) is 131 Å². The molecule has 0 spiro atoms. The smallest absolute Gasteiger partial charge is 0.251 e. The Kier molecular flexibility index (Phi) is 12.6. The van der Waals surface area contributed by atoms with E-state index in [9.17, 15) is 15.0 Å². The molecule has 55 heavy (non-hydrogen) atoms. The number of aryl methyl sites for hydroxylation is 1. The lowest BCUT2D eigenvalue weighted by atomic mass is 9.91. The molecule has 3 aromatic carbocycles. The van der Waals surface area contributed by atoms with Gasteiger partial charge in [0, 0.05) is 38.4 Å². The number of fused-ring (bicyclic) bond motifs is 5. The standard InChI is InChI=1S/C46H50N4O5/c1-2-3-5-12-37(51)27-38(52)17-13-32-14-20-43-44(24-32)55-46-33(11-8-23-54-43)16-19-42(53)39-18-15-34(45(47)48-22-21-31-9-6-4-7-10-31)25-35(39)26-36-28-49-41-30-50(46)29-40(36)41/h4,6-7,9-10,14-15,18,20,24-25,28-29,33,37,42,45-46,48,51,53H,2-3,5,11-13,17,21-22,26-27,30,47H2,1H3/p+1. The quantitative estimate of drug-likeness (QED) is 0.0914. The van der Waals surface area contributed by atoms with Crippen LogP contribution in [0.25, 0.3) is 0 Å². The zero-order valence-corrected chi connectivity index (χ0v) is 31.5. The molecule has 9 nitrogen and oxygen atoms in total. The number of nitrogens with zero attached hydrogens (tertiary/aromatic N) is 1. The number of allylic oxidation sites excluding steroid dienone is 1. The third-order valence-electron chi connectivity index (χ3n) is 10.8. The van der Waals surface area contributed by atoms with Gasteiger partial charge in [0.15, 0.2) is 11.5 Å². The minimum absolute atomic E-state index is 0.0456. The first-order chi connectivity index (χ1) is 26.8. The van der Waals surface area contributed by atoms with Crippen molar-refractivity contribution in [2.24, 2.45) is 16.6 Å². The van der Waals surface area contributed by atoms with Crippen LogP contribution in [0, 0.1) is 29.8 Å². The second-order valence-corrected chi connectivity index (χ2v) is 14.9. The fourth-order valence-corrected chi connectivity index (χ4v) is 7.69.